The molecule has 0 bridgehead atoms. The predicted molar refractivity (Wildman–Crippen MR) is 66.8 cm³/mol. The Morgan fingerprint density at radius 2 is 2.06 bits per heavy atom. The van der Waals surface area contributed by atoms with E-state index in [2.05, 4.69) is 18.8 Å². The highest BCUT2D eigenvalue weighted by Gasteiger charge is 2.12. The molecule has 86 valence electrons. The van der Waals surface area contributed by atoms with E-state index in [9.17, 15) is 5.11 Å². The first-order valence-electron chi connectivity index (χ1n) is 5.65. The van der Waals surface area contributed by atoms with Crippen LogP contribution < -0.4 is 5.73 Å². The minimum atomic E-state index is 0.378. The van der Waals surface area contributed by atoms with Crippen LogP contribution in [-0.2, 0) is 6.42 Å². The second-order valence-corrected chi connectivity index (χ2v) is 4.25. The van der Waals surface area contributed by atoms with Crippen LogP contribution >= 0.6 is 0 Å². The zero-order chi connectivity index (χ0) is 11.7. The summed E-state index contributed by atoms with van der Waals surface area (Å²) in [6.07, 6.45) is 1.73. The van der Waals surface area contributed by atoms with Gasteiger partial charge in [-0.3, -0.25) is 0 Å². The maximum Gasteiger partial charge on any atom is 0.119 e. The standard InChI is InChI=1S/C13H18N2O/c1-8-9(2)15-11-5-6-12(16)10(13(8)11)4-3-7-14/h5-6,15-16H,3-4,7,14H2,1-2H3. The lowest BCUT2D eigenvalue weighted by molar-refractivity contribution is 0.468. The van der Waals surface area contributed by atoms with E-state index in [-0.39, 0.29) is 0 Å². The van der Waals surface area contributed by atoms with Crippen LogP contribution in [0, 0.1) is 13.8 Å². The Balaban J connectivity index is 2.63. The van der Waals surface area contributed by atoms with E-state index < -0.39 is 0 Å². The lowest BCUT2D eigenvalue weighted by atomic mass is 10.0. The summed E-state index contributed by atoms with van der Waals surface area (Å²) in [6.45, 7) is 4.79. The average Bonchev–Trinajstić information content (AvgIpc) is 2.55. The zero-order valence-electron chi connectivity index (χ0n) is 9.80. The molecule has 2 aromatic rings. The van der Waals surface area contributed by atoms with Gasteiger partial charge < -0.3 is 15.8 Å². The van der Waals surface area contributed by atoms with Crippen molar-refractivity contribution in [2.75, 3.05) is 6.54 Å². The van der Waals surface area contributed by atoms with Crippen molar-refractivity contribution in [3.05, 3.63) is 29.0 Å². The van der Waals surface area contributed by atoms with Crippen LogP contribution in [0.3, 0.4) is 0 Å². The lowest BCUT2D eigenvalue weighted by Gasteiger charge is -2.06. The van der Waals surface area contributed by atoms with E-state index in [1.54, 1.807) is 6.07 Å². The van der Waals surface area contributed by atoms with E-state index >= 15 is 0 Å². The van der Waals surface area contributed by atoms with Crippen LogP contribution in [0.25, 0.3) is 10.9 Å². The number of H-pyrrole nitrogens is 1. The summed E-state index contributed by atoms with van der Waals surface area (Å²) in [4.78, 5) is 3.33. The highest BCUT2D eigenvalue weighted by molar-refractivity contribution is 5.89. The summed E-state index contributed by atoms with van der Waals surface area (Å²) in [5, 5.41) is 11.1. The number of nitrogens with one attached hydrogen (secondary N) is 1. The molecule has 1 aromatic heterocycles. The molecular formula is C13H18N2O. The minimum Gasteiger partial charge on any atom is -0.508 e. The third kappa shape index (κ3) is 1.67. The molecule has 0 fully saturated rings. The van der Waals surface area contributed by atoms with Gasteiger partial charge in [0.15, 0.2) is 0 Å². The molecule has 0 aliphatic rings. The summed E-state index contributed by atoms with van der Waals surface area (Å²) in [7, 11) is 0. The molecular weight excluding hydrogens is 200 g/mol. The summed E-state index contributed by atoms with van der Waals surface area (Å²) >= 11 is 0. The molecule has 16 heavy (non-hydrogen) atoms. The maximum absolute atomic E-state index is 9.91. The van der Waals surface area contributed by atoms with Gasteiger partial charge in [0.25, 0.3) is 0 Å². The number of fused-ring (bicyclic) bond motifs is 1. The molecule has 1 aromatic carbocycles. The molecule has 3 heteroatoms. The van der Waals surface area contributed by atoms with E-state index in [1.165, 1.54) is 5.56 Å². The topological polar surface area (TPSA) is 62.0 Å². The second-order valence-electron chi connectivity index (χ2n) is 4.25. The molecule has 0 aliphatic carbocycles. The van der Waals surface area contributed by atoms with Gasteiger partial charge in [-0.1, -0.05) is 0 Å². The molecule has 0 aliphatic heterocycles. The van der Waals surface area contributed by atoms with Gasteiger partial charge in [0.2, 0.25) is 0 Å². The Hall–Kier alpha value is -1.48. The van der Waals surface area contributed by atoms with Gasteiger partial charge in [-0.2, -0.15) is 0 Å². The third-order valence-corrected chi connectivity index (χ3v) is 3.18. The fourth-order valence-corrected chi connectivity index (χ4v) is 2.18. The molecule has 0 atom stereocenters. The van der Waals surface area contributed by atoms with Gasteiger partial charge in [0, 0.05) is 22.2 Å². The van der Waals surface area contributed by atoms with Crippen molar-refractivity contribution < 1.29 is 5.11 Å². The monoisotopic (exact) mass is 218 g/mol. The zero-order valence-corrected chi connectivity index (χ0v) is 9.80. The Labute approximate surface area is 95.3 Å². The molecule has 0 spiro atoms. The van der Waals surface area contributed by atoms with Crippen LogP contribution in [0.5, 0.6) is 5.75 Å². The van der Waals surface area contributed by atoms with Crippen LogP contribution in [0.4, 0.5) is 0 Å². The number of rotatable bonds is 3. The molecule has 0 amide bonds. The molecule has 0 radical (unpaired) electrons. The molecule has 0 saturated carbocycles. The van der Waals surface area contributed by atoms with Gasteiger partial charge in [-0.15, -0.1) is 0 Å². The number of hydrogen-bond donors (Lipinski definition) is 3. The van der Waals surface area contributed by atoms with Crippen LogP contribution in [0.15, 0.2) is 12.1 Å². The number of aryl methyl sites for hydroxylation is 3. The van der Waals surface area contributed by atoms with Gasteiger partial charge >= 0.3 is 0 Å². The number of phenols is 1. The van der Waals surface area contributed by atoms with Crippen molar-refractivity contribution in [2.45, 2.75) is 26.7 Å². The smallest absolute Gasteiger partial charge is 0.119 e. The van der Waals surface area contributed by atoms with Crippen LogP contribution in [-0.4, -0.2) is 16.6 Å². The Morgan fingerprint density at radius 1 is 1.31 bits per heavy atom. The van der Waals surface area contributed by atoms with Gasteiger partial charge in [-0.25, -0.2) is 0 Å². The average molecular weight is 218 g/mol. The quantitative estimate of drug-likeness (QED) is 0.740. The van der Waals surface area contributed by atoms with Crippen molar-refractivity contribution in [2.24, 2.45) is 5.73 Å². The van der Waals surface area contributed by atoms with Gasteiger partial charge in [0.1, 0.15) is 5.75 Å². The fourth-order valence-electron chi connectivity index (χ4n) is 2.18. The molecule has 3 nitrogen and oxygen atoms in total. The molecule has 2 rings (SSSR count). The SMILES string of the molecule is Cc1[nH]c2ccc(O)c(CCCN)c2c1C. The van der Waals surface area contributed by atoms with Crippen molar-refractivity contribution >= 4 is 10.9 Å². The van der Waals surface area contributed by atoms with Crippen LogP contribution in [0.1, 0.15) is 23.2 Å². The summed E-state index contributed by atoms with van der Waals surface area (Å²) in [6, 6.07) is 3.68. The largest absolute Gasteiger partial charge is 0.508 e. The first kappa shape index (κ1) is 11.0. The molecule has 0 unspecified atom stereocenters. The summed E-state index contributed by atoms with van der Waals surface area (Å²) < 4.78 is 0. The number of aromatic hydroxyl groups is 1. The number of phenolic OH excluding ortho intramolecular Hbond substituents is 1. The summed E-state index contributed by atoms with van der Waals surface area (Å²) in [5.74, 6) is 0.378. The third-order valence-electron chi connectivity index (χ3n) is 3.18. The first-order valence-corrected chi connectivity index (χ1v) is 5.65. The second kappa shape index (κ2) is 4.18. The van der Waals surface area contributed by atoms with E-state index in [4.69, 9.17) is 5.73 Å². The fraction of sp³-hybridized carbons (Fsp3) is 0.385. The van der Waals surface area contributed by atoms with E-state index in [1.807, 2.05) is 6.07 Å². The van der Waals surface area contributed by atoms with Crippen LogP contribution in [0.2, 0.25) is 0 Å². The number of aromatic nitrogens is 1. The van der Waals surface area contributed by atoms with Crippen molar-refractivity contribution in [3.63, 3.8) is 0 Å². The number of nitrogens with two attached hydrogens (primary N) is 1. The van der Waals surface area contributed by atoms with E-state index in [0.29, 0.717) is 12.3 Å². The number of hydrogen-bond acceptors (Lipinski definition) is 2. The summed E-state index contributed by atoms with van der Waals surface area (Å²) in [5.41, 5.74) is 10.0. The Morgan fingerprint density at radius 3 is 2.75 bits per heavy atom. The van der Waals surface area contributed by atoms with Crippen molar-refractivity contribution in [1.82, 2.24) is 4.98 Å². The highest BCUT2D eigenvalue weighted by Crippen LogP contribution is 2.31. The minimum absolute atomic E-state index is 0.378. The van der Waals surface area contributed by atoms with Crippen molar-refractivity contribution in [3.8, 4) is 5.75 Å². The predicted octanol–water partition coefficient (Wildman–Crippen LogP) is 2.38. The molecule has 1 heterocycles. The maximum atomic E-state index is 9.91. The Kier molecular flexibility index (Phi) is 2.88. The Bertz CT molecular complexity index is 514. The van der Waals surface area contributed by atoms with Gasteiger partial charge in [-0.05, 0) is 50.9 Å². The van der Waals surface area contributed by atoms with Crippen molar-refractivity contribution in [1.29, 1.82) is 0 Å². The van der Waals surface area contributed by atoms with E-state index in [0.717, 1.165) is 35.0 Å². The highest BCUT2D eigenvalue weighted by atomic mass is 16.3. The normalized spacial score (nSPS) is 11.2. The number of aromatic amines is 1. The lowest BCUT2D eigenvalue weighted by Crippen LogP contribution is -2.01. The molecule has 4 N–H and O–H groups in total. The van der Waals surface area contributed by atoms with Gasteiger partial charge in [0.05, 0.1) is 0 Å². The first-order chi connectivity index (χ1) is 7.65. The molecule has 0 saturated heterocycles. The number of benzene rings is 1.